The van der Waals surface area contributed by atoms with Gasteiger partial charge in [0.1, 0.15) is 12.6 Å². The summed E-state index contributed by atoms with van der Waals surface area (Å²) >= 11 is 0. The lowest BCUT2D eigenvalue weighted by atomic mass is 10.3. The number of carbonyl (C=O) groups is 3. The van der Waals surface area contributed by atoms with Crippen molar-refractivity contribution >= 4 is 17.9 Å². The molecule has 0 aliphatic heterocycles. The van der Waals surface area contributed by atoms with Crippen molar-refractivity contribution in [3.05, 3.63) is 0 Å². The first-order valence-corrected chi connectivity index (χ1v) is 5.31. The van der Waals surface area contributed by atoms with Gasteiger partial charge < -0.3 is 20.3 Å². The van der Waals surface area contributed by atoms with Crippen LogP contribution in [0.25, 0.3) is 0 Å². The minimum absolute atomic E-state index is 0.153. The first kappa shape index (κ1) is 15.2. The Kier molecular flexibility index (Phi) is 6.69. The molecule has 0 bridgehead atoms. The van der Waals surface area contributed by atoms with Gasteiger partial charge in [0.25, 0.3) is 0 Å². The fourth-order valence-electron chi connectivity index (χ4n) is 1.08. The van der Waals surface area contributed by atoms with E-state index in [0.29, 0.717) is 0 Å². The van der Waals surface area contributed by atoms with Gasteiger partial charge in [0.15, 0.2) is 0 Å². The molecule has 0 aliphatic carbocycles. The summed E-state index contributed by atoms with van der Waals surface area (Å²) in [4.78, 5) is 34.9. The van der Waals surface area contributed by atoms with E-state index in [9.17, 15) is 14.4 Å². The molecule has 0 aliphatic rings. The van der Waals surface area contributed by atoms with E-state index in [1.165, 1.54) is 14.1 Å². The third-order valence-corrected chi connectivity index (χ3v) is 1.98. The van der Waals surface area contributed by atoms with Gasteiger partial charge in [-0.25, -0.2) is 4.79 Å². The van der Waals surface area contributed by atoms with Crippen LogP contribution in [0.1, 0.15) is 13.8 Å². The second-order valence-electron chi connectivity index (χ2n) is 3.46. The van der Waals surface area contributed by atoms with Crippen molar-refractivity contribution in [2.45, 2.75) is 19.9 Å². The molecular formula is C10H19N3O4. The predicted molar refractivity (Wildman–Crippen MR) is 61.3 cm³/mol. The summed E-state index contributed by atoms with van der Waals surface area (Å²) < 4.78 is 4.71. The summed E-state index contributed by atoms with van der Waals surface area (Å²) in [6.45, 7) is 3.33. The van der Waals surface area contributed by atoms with Crippen LogP contribution in [0.4, 0.5) is 4.79 Å². The maximum absolute atomic E-state index is 11.5. The molecule has 3 amide bonds. The van der Waals surface area contributed by atoms with Crippen molar-refractivity contribution in [1.82, 2.24) is 15.5 Å². The molecule has 0 aromatic carbocycles. The van der Waals surface area contributed by atoms with Crippen LogP contribution < -0.4 is 10.6 Å². The Hall–Kier alpha value is -1.79. The van der Waals surface area contributed by atoms with E-state index in [4.69, 9.17) is 4.74 Å². The first-order chi connectivity index (χ1) is 7.92. The number of rotatable bonds is 5. The van der Waals surface area contributed by atoms with Gasteiger partial charge in [0, 0.05) is 14.1 Å². The van der Waals surface area contributed by atoms with Crippen molar-refractivity contribution in [2.75, 3.05) is 27.2 Å². The zero-order valence-corrected chi connectivity index (χ0v) is 10.6. The Morgan fingerprint density at radius 2 is 1.94 bits per heavy atom. The molecule has 7 heteroatoms. The van der Waals surface area contributed by atoms with E-state index in [1.807, 2.05) is 0 Å². The monoisotopic (exact) mass is 245 g/mol. The minimum Gasteiger partial charge on any atom is -0.450 e. The molecule has 0 aromatic heterocycles. The van der Waals surface area contributed by atoms with Crippen LogP contribution in [0.5, 0.6) is 0 Å². The summed E-state index contributed by atoms with van der Waals surface area (Å²) in [5, 5.41) is 4.87. The van der Waals surface area contributed by atoms with Crippen molar-refractivity contribution in [3.63, 3.8) is 0 Å². The Balaban J connectivity index is 4.09. The topological polar surface area (TPSA) is 87.7 Å². The number of carbonyl (C=O) groups excluding carboxylic acids is 3. The second kappa shape index (κ2) is 7.48. The molecule has 1 atom stereocenters. The lowest BCUT2D eigenvalue weighted by molar-refractivity contribution is -0.128. The van der Waals surface area contributed by atoms with Crippen molar-refractivity contribution in [1.29, 1.82) is 0 Å². The van der Waals surface area contributed by atoms with E-state index in [2.05, 4.69) is 10.6 Å². The molecule has 17 heavy (non-hydrogen) atoms. The highest BCUT2D eigenvalue weighted by Gasteiger charge is 2.17. The third kappa shape index (κ3) is 5.74. The number of hydrogen-bond acceptors (Lipinski definition) is 4. The maximum atomic E-state index is 11.5. The summed E-state index contributed by atoms with van der Waals surface area (Å²) in [7, 11) is 2.93. The van der Waals surface area contributed by atoms with Crippen molar-refractivity contribution < 1.29 is 19.1 Å². The Labute approximate surface area is 100 Å². The number of ether oxygens (including phenoxy) is 1. The molecule has 0 aromatic rings. The van der Waals surface area contributed by atoms with E-state index in [0.717, 1.165) is 4.90 Å². The van der Waals surface area contributed by atoms with Crippen molar-refractivity contribution in [2.24, 2.45) is 0 Å². The van der Waals surface area contributed by atoms with Crippen LogP contribution in [0.15, 0.2) is 0 Å². The van der Waals surface area contributed by atoms with Gasteiger partial charge in [0.05, 0.1) is 6.61 Å². The lowest BCUT2D eigenvalue weighted by Gasteiger charge is -2.17. The Morgan fingerprint density at radius 3 is 2.41 bits per heavy atom. The first-order valence-electron chi connectivity index (χ1n) is 5.31. The number of nitrogens with one attached hydrogen (secondary N) is 2. The van der Waals surface area contributed by atoms with Gasteiger partial charge >= 0.3 is 6.09 Å². The minimum atomic E-state index is -0.636. The molecule has 7 nitrogen and oxygen atoms in total. The van der Waals surface area contributed by atoms with Crippen LogP contribution in [-0.2, 0) is 14.3 Å². The fourth-order valence-corrected chi connectivity index (χ4v) is 1.08. The van der Waals surface area contributed by atoms with Gasteiger partial charge in [-0.05, 0) is 13.8 Å². The van der Waals surface area contributed by atoms with Gasteiger partial charge in [-0.15, -0.1) is 0 Å². The van der Waals surface area contributed by atoms with Crippen LogP contribution >= 0.6 is 0 Å². The molecule has 0 saturated carbocycles. The zero-order valence-electron chi connectivity index (χ0n) is 10.6. The largest absolute Gasteiger partial charge is 0.450 e. The Bertz CT molecular complexity index is 293. The maximum Gasteiger partial charge on any atom is 0.409 e. The highest BCUT2D eigenvalue weighted by molar-refractivity contribution is 5.88. The second-order valence-corrected chi connectivity index (χ2v) is 3.46. The average Bonchev–Trinajstić information content (AvgIpc) is 2.27. The molecule has 0 saturated heterocycles. The summed E-state index contributed by atoms with van der Waals surface area (Å²) in [5.41, 5.74) is 0. The molecule has 0 rings (SSSR count). The van der Waals surface area contributed by atoms with Crippen LogP contribution in [-0.4, -0.2) is 56.1 Å². The molecule has 0 radical (unpaired) electrons. The normalized spacial score (nSPS) is 11.3. The van der Waals surface area contributed by atoms with Crippen LogP contribution in [0, 0.1) is 0 Å². The number of amides is 3. The van der Waals surface area contributed by atoms with Gasteiger partial charge in [0.2, 0.25) is 11.8 Å². The highest BCUT2D eigenvalue weighted by atomic mass is 16.6. The molecule has 2 N–H and O–H groups in total. The quantitative estimate of drug-likeness (QED) is 0.672. The summed E-state index contributed by atoms with van der Waals surface area (Å²) in [6, 6.07) is -0.636. The van der Waals surface area contributed by atoms with Crippen LogP contribution in [0.2, 0.25) is 0 Å². The third-order valence-electron chi connectivity index (χ3n) is 1.98. The number of likely N-dealkylation sites (N-methyl/N-ethyl adjacent to an activating group) is 2. The van der Waals surface area contributed by atoms with E-state index in [1.54, 1.807) is 13.8 Å². The standard InChI is InChI=1S/C10H19N3O4/c1-5-17-10(16)13(4)6-8(14)12-7(2)9(15)11-3/h7H,5-6H2,1-4H3,(H,11,15)(H,12,14)/t7-/m1/s1. The fraction of sp³-hybridized carbons (Fsp3) is 0.700. The molecule has 0 fully saturated rings. The smallest absolute Gasteiger partial charge is 0.409 e. The van der Waals surface area contributed by atoms with Gasteiger partial charge in [-0.1, -0.05) is 0 Å². The van der Waals surface area contributed by atoms with Gasteiger partial charge in [-0.2, -0.15) is 0 Å². The Morgan fingerprint density at radius 1 is 1.35 bits per heavy atom. The predicted octanol–water partition coefficient (Wildman–Crippen LogP) is -0.675. The molecular weight excluding hydrogens is 226 g/mol. The molecule has 98 valence electrons. The van der Waals surface area contributed by atoms with Crippen LogP contribution in [0.3, 0.4) is 0 Å². The van der Waals surface area contributed by atoms with Gasteiger partial charge in [-0.3, -0.25) is 9.59 Å². The summed E-state index contributed by atoms with van der Waals surface area (Å²) in [6.07, 6.45) is -0.574. The van der Waals surface area contributed by atoms with E-state index >= 15 is 0 Å². The SMILES string of the molecule is CCOC(=O)N(C)CC(=O)N[C@H](C)C(=O)NC. The average molecular weight is 245 g/mol. The number of hydrogen-bond donors (Lipinski definition) is 2. The summed E-state index contributed by atoms with van der Waals surface area (Å²) in [5.74, 6) is -0.714. The molecule has 0 spiro atoms. The van der Waals surface area contributed by atoms with Crippen molar-refractivity contribution in [3.8, 4) is 0 Å². The van der Waals surface area contributed by atoms with E-state index in [-0.39, 0.29) is 19.1 Å². The lowest BCUT2D eigenvalue weighted by Crippen LogP contribution is -2.47. The molecule has 0 heterocycles. The van der Waals surface area contributed by atoms with E-state index < -0.39 is 18.0 Å². The highest BCUT2D eigenvalue weighted by Crippen LogP contribution is 1.90. The zero-order chi connectivity index (χ0) is 13.4. The molecule has 0 unspecified atom stereocenters. The number of nitrogens with zero attached hydrogens (tertiary/aromatic N) is 1.